The van der Waals surface area contributed by atoms with Crippen molar-refractivity contribution in [2.45, 2.75) is 18.9 Å². The fourth-order valence-corrected chi connectivity index (χ4v) is 5.04. The minimum absolute atomic E-state index is 0.149. The van der Waals surface area contributed by atoms with Gasteiger partial charge in [-0.3, -0.25) is 9.69 Å². The van der Waals surface area contributed by atoms with Crippen LogP contribution in [0.15, 0.2) is 30.3 Å². The number of hydrogen-bond donors (Lipinski definition) is 1. The lowest BCUT2D eigenvalue weighted by Gasteiger charge is -2.27. The standard InChI is InChI=1S/C20H31N3O2S/c1-25-11-10-23(19-8-12-26-16-19)15-20(24)21-13-17-7-9-22(14-17)18-5-3-2-4-6-18/h2-6,17,19H,7-16H2,1H3,(H,21,24)/t17-,19-/m0/s1. The van der Waals surface area contributed by atoms with Gasteiger partial charge in [0.25, 0.3) is 0 Å². The van der Waals surface area contributed by atoms with Gasteiger partial charge in [0.05, 0.1) is 13.2 Å². The summed E-state index contributed by atoms with van der Waals surface area (Å²) in [5.74, 6) is 3.02. The molecule has 1 aromatic carbocycles. The van der Waals surface area contributed by atoms with Crippen molar-refractivity contribution in [3.8, 4) is 0 Å². The third kappa shape index (κ3) is 5.63. The van der Waals surface area contributed by atoms with Gasteiger partial charge in [-0.25, -0.2) is 0 Å². The molecule has 0 spiro atoms. The van der Waals surface area contributed by atoms with E-state index in [1.807, 2.05) is 11.8 Å². The maximum absolute atomic E-state index is 12.5. The van der Waals surface area contributed by atoms with E-state index in [-0.39, 0.29) is 5.91 Å². The number of nitrogens with one attached hydrogen (secondary N) is 1. The molecule has 0 radical (unpaired) electrons. The van der Waals surface area contributed by atoms with Crippen LogP contribution in [0.3, 0.4) is 0 Å². The van der Waals surface area contributed by atoms with E-state index in [0.717, 1.165) is 38.4 Å². The second-order valence-corrected chi connectivity index (χ2v) is 8.37. The number of ether oxygens (including phenoxy) is 1. The van der Waals surface area contributed by atoms with Crippen LogP contribution in [0, 0.1) is 5.92 Å². The molecule has 1 aromatic rings. The van der Waals surface area contributed by atoms with E-state index in [1.165, 1.54) is 17.9 Å². The minimum atomic E-state index is 0.149. The van der Waals surface area contributed by atoms with Crippen LogP contribution in [0.2, 0.25) is 0 Å². The molecule has 2 heterocycles. The third-order valence-electron chi connectivity index (χ3n) is 5.35. The van der Waals surface area contributed by atoms with Crippen molar-refractivity contribution in [1.82, 2.24) is 10.2 Å². The summed E-state index contributed by atoms with van der Waals surface area (Å²) in [6, 6.07) is 11.1. The van der Waals surface area contributed by atoms with Gasteiger partial charge < -0.3 is 15.0 Å². The van der Waals surface area contributed by atoms with Gasteiger partial charge in [-0.1, -0.05) is 18.2 Å². The van der Waals surface area contributed by atoms with Crippen LogP contribution in [-0.2, 0) is 9.53 Å². The van der Waals surface area contributed by atoms with E-state index in [2.05, 4.69) is 45.4 Å². The quantitative estimate of drug-likeness (QED) is 0.714. The first-order valence-electron chi connectivity index (χ1n) is 9.63. The molecular weight excluding hydrogens is 346 g/mol. The highest BCUT2D eigenvalue weighted by atomic mass is 32.2. The second kappa shape index (κ2) is 10.2. The number of thioether (sulfide) groups is 1. The van der Waals surface area contributed by atoms with Crippen molar-refractivity contribution >= 4 is 23.4 Å². The lowest BCUT2D eigenvalue weighted by molar-refractivity contribution is -0.123. The first kappa shape index (κ1) is 19.5. The summed E-state index contributed by atoms with van der Waals surface area (Å²) in [4.78, 5) is 17.2. The molecule has 0 aromatic heterocycles. The highest BCUT2D eigenvalue weighted by Crippen LogP contribution is 2.23. The smallest absolute Gasteiger partial charge is 0.234 e. The number of benzene rings is 1. The average Bonchev–Trinajstić information content (AvgIpc) is 3.36. The summed E-state index contributed by atoms with van der Waals surface area (Å²) in [5.41, 5.74) is 1.28. The zero-order chi connectivity index (χ0) is 18.2. The zero-order valence-corrected chi connectivity index (χ0v) is 16.5. The molecule has 2 aliphatic rings. The van der Waals surface area contributed by atoms with Crippen molar-refractivity contribution in [3.05, 3.63) is 30.3 Å². The Kier molecular flexibility index (Phi) is 7.65. The molecule has 144 valence electrons. The van der Waals surface area contributed by atoms with Crippen molar-refractivity contribution in [2.24, 2.45) is 5.92 Å². The molecule has 6 heteroatoms. The maximum atomic E-state index is 12.5. The van der Waals surface area contributed by atoms with Crippen LogP contribution >= 0.6 is 11.8 Å². The Morgan fingerprint density at radius 1 is 1.35 bits per heavy atom. The molecule has 1 amide bonds. The Morgan fingerprint density at radius 3 is 2.92 bits per heavy atom. The summed E-state index contributed by atoms with van der Waals surface area (Å²) < 4.78 is 5.22. The average molecular weight is 378 g/mol. The summed E-state index contributed by atoms with van der Waals surface area (Å²) >= 11 is 1.98. The van der Waals surface area contributed by atoms with Crippen molar-refractivity contribution in [1.29, 1.82) is 0 Å². The van der Waals surface area contributed by atoms with E-state index in [1.54, 1.807) is 7.11 Å². The van der Waals surface area contributed by atoms with Gasteiger partial charge in [-0.05, 0) is 36.6 Å². The lowest BCUT2D eigenvalue weighted by atomic mass is 10.1. The van der Waals surface area contributed by atoms with Crippen LogP contribution in [0.1, 0.15) is 12.8 Å². The number of carbonyl (C=O) groups is 1. The Bertz CT molecular complexity index is 551. The van der Waals surface area contributed by atoms with Gasteiger partial charge in [-0.15, -0.1) is 0 Å². The number of hydrogen-bond acceptors (Lipinski definition) is 5. The summed E-state index contributed by atoms with van der Waals surface area (Å²) in [5, 5.41) is 3.17. The third-order valence-corrected chi connectivity index (χ3v) is 6.49. The SMILES string of the molecule is COCCN(CC(=O)NC[C@@H]1CCN(c2ccccc2)C1)[C@H]1CCSC1. The van der Waals surface area contributed by atoms with Crippen molar-refractivity contribution < 1.29 is 9.53 Å². The van der Waals surface area contributed by atoms with Gasteiger partial charge in [0, 0.05) is 50.8 Å². The van der Waals surface area contributed by atoms with Crippen LogP contribution in [0.4, 0.5) is 5.69 Å². The van der Waals surface area contributed by atoms with Crippen LogP contribution in [0.5, 0.6) is 0 Å². The monoisotopic (exact) mass is 377 g/mol. The number of para-hydroxylation sites is 1. The topological polar surface area (TPSA) is 44.8 Å². The van der Waals surface area contributed by atoms with E-state index in [0.29, 0.717) is 25.1 Å². The van der Waals surface area contributed by atoms with Crippen molar-refractivity contribution in [2.75, 3.05) is 62.8 Å². The van der Waals surface area contributed by atoms with Crippen molar-refractivity contribution in [3.63, 3.8) is 0 Å². The molecule has 0 saturated carbocycles. The van der Waals surface area contributed by atoms with Gasteiger partial charge in [0.1, 0.15) is 0 Å². The summed E-state index contributed by atoms with van der Waals surface area (Å²) in [6.07, 6.45) is 2.32. The number of rotatable bonds is 9. The Balaban J connectivity index is 1.41. The molecule has 2 saturated heterocycles. The Hall–Kier alpha value is -1.24. The van der Waals surface area contributed by atoms with Gasteiger partial charge in [0.15, 0.2) is 0 Å². The second-order valence-electron chi connectivity index (χ2n) is 7.22. The normalized spacial score (nSPS) is 22.9. The fraction of sp³-hybridized carbons (Fsp3) is 0.650. The number of nitrogens with zero attached hydrogens (tertiary/aromatic N) is 2. The summed E-state index contributed by atoms with van der Waals surface area (Å²) in [7, 11) is 1.72. The highest BCUT2D eigenvalue weighted by Gasteiger charge is 2.26. The maximum Gasteiger partial charge on any atom is 0.234 e. The molecule has 2 aliphatic heterocycles. The predicted molar refractivity (Wildman–Crippen MR) is 109 cm³/mol. The van der Waals surface area contributed by atoms with Crippen LogP contribution in [0.25, 0.3) is 0 Å². The van der Waals surface area contributed by atoms with E-state index in [9.17, 15) is 4.79 Å². The number of carbonyl (C=O) groups excluding carboxylic acids is 1. The number of anilines is 1. The van der Waals surface area contributed by atoms with Gasteiger partial charge in [-0.2, -0.15) is 11.8 Å². The molecular formula is C20H31N3O2S. The minimum Gasteiger partial charge on any atom is -0.383 e. The molecule has 0 aliphatic carbocycles. The first-order valence-corrected chi connectivity index (χ1v) is 10.8. The Labute approximate surface area is 161 Å². The number of methoxy groups -OCH3 is 1. The van der Waals surface area contributed by atoms with E-state index >= 15 is 0 Å². The lowest BCUT2D eigenvalue weighted by Crippen LogP contribution is -2.45. The fourth-order valence-electron chi connectivity index (χ4n) is 3.78. The summed E-state index contributed by atoms with van der Waals surface area (Å²) in [6.45, 7) is 4.88. The Morgan fingerprint density at radius 2 is 2.19 bits per heavy atom. The molecule has 5 nitrogen and oxygen atoms in total. The molecule has 1 N–H and O–H groups in total. The molecule has 2 atom stereocenters. The molecule has 0 unspecified atom stereocenters. The number of amides is 1. The molecule has 26 heavy (non-hydrogen) atoms. The van der Waals surface area contributed by atoms with E-state index in [4.69, 9.17) is 4.74 Å². The van der Waals surface area contributed by atoms with Crippen LogP contribution in [-0.4, -0.2) is 74.8 Å². The molecule has 0 bridgehead atoms. The van der Waals surface area contributed by atoms with E-state index < -0.39 is 0 Å². The first-order chi connectivity index (χ1) is 12.8. The predicted octanol–water partition coefficient (Wildman–Crippen LogP) is 2.08. The largest absolute Gasteiger partial charge is 0.383 e. The van der Waals surface area contributed by atoms with Gasteiger partial charge in [0.2, 0.25) is 5.91 Å². The zero-order valence-electron chi connectivity index (χ0n) is 15.7. The highest BCUT2D eigenvalue weighted by molar-refractivity contribution is 7.99. The molecule has 3 rings (SSSR count). The van der Waals surface area contributed by atoms with Crippen LogP contribution < -0.4 is 10.2 Å². The molecule has 2 fully saturated rings. The van der Waals surface area contributed by atoms with Gasteiger partial charge >= 0.3 is 0 Å².